The summed E-state index contributed by atoms with van der Waals surface area (Å²) in [6, 6.07) is 7.70. The molecule has 1 aromatic carbocycles. The molecule has 120 valence electrons. The maximum atomic E-state index is 9.30. The van der Waals surface area contributed by atoms with Gasteiger partial charge in [-0.3, -0.25) is 4.90 Å². The first-order valence-corrected chi connectivity index (χ1v) is 7.25. The van der Waals surface area contributed by atoms with Gasteiger partial charge in [0.25, 0.3) is 0 Å². The topological polar surface area (TPSA) is 55.1 Å². The van der Waals surface area contributed by atoms with E-state index in [4.69, 9.17) is 13.9 Å². The first kappa shape index (κ1) is 16.4. The van der Waals surface area contributed by atoms with Crippen LogP contribution in [0, 0.1) is 6.92 Å². The van der Waals surface area contributed by atoms with Gasteiger partial charge in [0.05, 0.1) is 33.6 Å². The van der Waals surface area contributed by atoms with Crippen molar-refractivity contribution < 1.29 is 19.0 Å². The summed E-state index contributed by atoms with van der Waals surface area (Å²) in [6.07, 6.45) is 1.69. The van der Waals surface area contributed by atoms with Crippen molar-refractivity contribution in [3.8, 4) is 11.5 Å². The highest BCUT2D eigenvalue weighted by Crippen LogP contribution is 2.26. The van der Waals surface area contributed by atoms with Gasteiger partial charge in [-0.05, 0) is 24.6 Å². The summed E-state index contributed by atoms with van der Waals surface area (Å²) in [7, 11) is 3.28. The predicted molar refractivity (Wildman–Crippen MR) is 84.2 cm³/mol. The second-order valence-corrected chi connectivity index (χ2v) is 5.14. The summed E-state index contributed by atoms with van der Waals surface area (Å²) < 4.78 is 16.1. The van der Waals surface area contributed by atoms with Gasteiger partial charge >= 0.3 is 0 Å². The number of nitrogens with zero attached hydrogens (tertiary/aromatic N) is 1. The summed E-state index contributed by atoms with van der Waals surface area (Å²) >= 11 is 0. The van der Waals surface area contributed by atoms with E-state index in [0.717, 1.165) is 28.4 Å². The summed E-state index contributed by atoms with van der Waals surface area (Å²) in [5.41, 5.74) is 2.16. The van der Waals surface area contributed by atoms with Crippen molar-refractivity contribution in [1.29, 1.82) is 0 Å². The van der Waals surface area contributed by atoms with E-state index in [1.54, 1.807) is 20.5 Å². The first-order valence-electron chi connectivity index (χ1n) is 7.25. The van der Waals surface area contributed by atoms with Crippen LogP contribution in [0.4, 0.5) is 0 Å². The Hall–Kier alpha value is -1.98. The summed E-state index contributed by atoms with van der Waals surface area (Å²) in [6.45, 7) is 3.99. The molecule has 22 heavy (non-hydrogen) atoms. The fourth-order valence-corrected chi connectivity index (χ4v) is 2.35. The molecule has 0 spiro atoms. The molecule has 1 N–H and O–H groups in total. The predicted octanol–water partition coefficient (Wildman–Crippen LogP) is 2.60. The van der Waals surface area contributed by atoms with Crippen LogP contribution in [0.3, 0.4) is 0 Å². The van der Waals surface area contributed by atoms with Crippen LogP contribution in [0.15, 0.2) is 34.9 Å². The zero-order chi connectivity index (χ0) is 15.9. The smallest absolute Gasteiger partial charge is 0.127 e. The standard InChI is InChI=1S/C17H23NO4/c1-13-6-9-22-17(13)12-18(7-8-19)11-14-4-5-15(20-2)10-16(14)21-3/h4-6,9-10,19H,7-8,11-12H2,1-3H3. The van der Waals surface area contributed by atoms with Gasteiger partial charge < -0.3 is 19.0 Å². The van der Waals surface area contributed by atoms with Gasteiger partial charge in [-0.15, -0.1) is 0 Å². The molecule has 0 amide bonds. The van der Waals surface area contributed by atoms with Gasteiger partial charge in [0.2, 0.25) is 0 Å². The Labute approximate surface area is 131 Å². The van der Waals surface area contributed by atoms with Crippen LogP contribution in [-0.2, 0) is 13.1 Å². The number of aryl methyl sites for hydroxylation is 1. The fourth-order valence-electron chi connectivity index (χ4n) is 2.35. The van der Waals surface area contributed by atoms with E-state index in [0.29, 0.717) is 19.6 Å². The van der Waals surface area contributed by atoms with Crippen molar-refractivity contribution in [3.63, 3.8) is 0 Å². The fraction of sp³-hybridized carbons (Fsp3) is 0.412. The Kier molecular flexibility index (Phi) is 5.86. The van der Waals surface area contributed by atoms with Gasteiger partial charge in [-0.25, -0.2) is 0 Å². The number of methoxy groups -OCH3 is 2. The van der Waals surface area contributed by atoms with Crippen molar-refractivity contribution >= 4 is 0 Å². The van der Waals surface area contributed by atoms with Crippen LogP contribution in [0.25, 0.3) is 0 Å². The molecule has 0 aliphatic rings. The van der Waals surface area contributed by atoms with E-state index in [9.17, 15) is 5.11 Å². The third kappa shape index (κ3) is 4.02. The van der Waals surface area contributed by atoms with E-state index in [1.165, 1.54) is 0 Å². The molecule has 1 aromatic heterocycles. The third-order valence-corrected chi connectivity index (χ3v) is 3.64. The van der Waals surface area contributed by atoms with E-state index in [-0.39, 0.29) is 6.61 Å². The zero-order valence-electron chi connectivity index (χ0n) is 13.3. The maximum Gasteiger partial charge on any atom is 0.127 e. The minimum atomic E-state index is 0.0955. The molecule has 5 heteroatoms. The highest BCUT2D eigenvalue weighted by molar-refractivity contribution is 5.40. The second kappa shape index (κ2) is 7.87. The maximum absolute atomic E-state index is 9.30. The molecule has 0 saturated heterocycles. The monoisotopic (exact) mass is 305 g/mol. The number of hydrogen-bond donors (Lipinski definition) is 1. The zero-order valence-corrected chi connectivity index (χ0v) is 13.3. The molecule has 0 bridgehead atoms. The average molecular weight is 305 g/mol. The van der Waals surface area contributed by atoms with Crippen LogP contribution < -0.4 is 9.47 Å². The Morgan fingerprint density at radius 1 is 1.14 bits per heavy atom. The normalized spacial score (nSPS) is 11.0. The van der Waals surface area contributed by atoms with E-state index < -0.39 is 0 Å². The number of rotatable bonds is 8. The molecular formula is C17H23NO4. The summed E-state index contributed by atoms with van der Waals surface area (Å²) in [5, 5.41) is 9.30. The number of furan rings is 1. The van der Waals surface area contributed by atoms with Crippen molar-refractivity contribution in [2.24, 2.45) is 0 Å². The van der Waals surface area contributed by atoms with Crippen molar-refractivity contribution in [2.45, 2.75) is 20.0 Å². The van der Waals surface area contributed by atoms with Crippen LogP contribution in [-0.4, -0.2) is 37.4 Å². The number of ether oxygens (including phenoxy) is 2. The van der Waals surface area contributed by atoms with E-state index in [1.807, 2.05) is 31.2 Å². The number of hydrogen-bond acceptors (Lipinski definition) is 5. The Morgan fingerprint density at radius 3 is 2.55 bits per heavy atom. The Balaban J connectivity index is 2.15. The molecule has 0 atom stereocenters. The van der Waals surface area contributed by atoms with Gasteiger partial charge in [0.1, 0.15) is 17.3 Å². The lowest BCUT2D eigenvalue weighted by molar-refractivity contribution is 0.173. The molecule has 0 unspecified atom stereocenters. The van der Waals surface area contributed by atoms with Gasteiger partial charge in [-0.2, -0.15) is 0 Å². The highest BCUT2D eigenvalue weighted by Gasteiger charge is 2.13. The van der Waals surface area contributed by atoms with Crippen LogP contribution in [0.5, 0.6) is 11.5 Å². The molecule has 2 aromatic rings. The van der Waals surface area contributed by atoms with E-state index >= 15 is 0 Å². The summed E-state index contributed by atoms with van der Waals surface area (Å²) in [5.74, 6) is 2.45. The molecule has 0 aliphatic carbocycles. The molecular weight excluding hydrogens is 282 g/mol. The minimum absolute atomic E-state index is 0.0955. The summed E-state index contributed by atoms with van der Waals surface area (Å²) in [4.78, 5) is 2.12. The quantitative estimate of drug-likeness (QED) is 0.812. The lowest BCUT2D eigenvalue weighted by Crippen LogP contribution is -2.26. The van der Waals surface area contributed by atoms with Crippen LogP contribution >= 0.6 is 0 Å². The lowest BCUT2D eigenvalue weighted by Gasteiger charge is -2.22. The number of aliphatic hydroxyl groups is 1. The van der Waals surface area contributed by atoms with Gasteiger partial charge in [0, 0.05) is 24.7 Å². The Morgan fingerprint density at radius 2 is 1.95 bits per heavy atom. The lowest BCUT2D eigenvalue weighted by atomic mass is 10.1. The molecule has 5 nitrogen and oxygen atoms in total. The Bertz CT molecular complexity index is 594. The minimum Gasteiger partial charge on any atom is -0.497 e. The second-order valence-electron chi connectivity index (χ2n) is 5.14. The molecule has 0 aliphatic heterocycles. The highest BCUT2D eigenvalue weighted by atomic mass is 16.5. The molecule has 0 saturated carbocycles. The van der Waals surface area contributed by atoms with Crippen LogP contribution in [0.1, 0.15) is 16.9 Å². The van der Waals surface area contributed by atoms with Gasteiger partial charge in [0.15, 0.2) is 0 Å². The number of benzene rings is 1. The SMILES string of the molecule is COc1ccc(CN(CCO)Cc2occc2C)c(OC)c1. The number of aliphatic hydroxyl groups excluding tert-OH is 1. The molecule has 1 heterocycles. The van der Waals surface area contributed by atoms with Crippen molar-refractivity contribution in [1.82, 2.24) is 4.90 Å². The van der Waals surface area contributed by atoms with Crippen molar-refractivity contribution in [2.75, 3.05) is 27.4 Å². The average Bonchev–Trinajstić information content (AvgIpc) is 2.93. The van der Waals surface area contributed by atoms with Crippen LogP contribution in [0.2, 0.25) is 0 Å². The van der Waals surface area contributed by atoms with Crippen molar-refractivity contribution in [3.05, 3.63) is 47.4 Å². The van der Waals surface area contributed by atoms with Gasteiger partial charge in [-0.1, -0.05) is 6.07 Å². The molecule has 0 fully saturated rings. The molecule has 0 radical (unpaired) electrons. The first-order chi connectivity index (χ1) is 10.7. The third-order valence-electron chi connectivity index (χ3n) is 3.64. The van der Waals surface area contributed by atoms with E-state index in [2.05, 4.69) is 4.90 Å². The largest absolute Gasteiger partial charge is 0.497 e. The molecule has 2 rings (SSSR count).